The van der Waals surface area contributed by atoms with Gasteiger partial charge in [0.1, 0.15) is 10.1 Å². The third-order valence-electron chi connectivity index (χ3n) is 5.32. The first-order valence-electron chi connectivity index (χ1n) is 7.94. The van der Waals surface area contributed by atoms with Gasteiger partial charge >= 0.3 is 0 Å². The van der Waals surface area contributed by atoms with E-state index < -0.39 is 10.1 Å². The second-order valence-corrected chi connectivity index (χ2v) is 8.02. The zero-order valence-electron chi connectivity index (χ0n) is 12.5. The molecule has 3 aliphatic heterocycles. The van der Waals surface area contributed by atoms with Crippen molar-refractivity contribution < 1.29 is 13.9 Å². The van der Waals surface area contributed by atoms with E-state index in [4.69, 9.17) is 9.15 Å². The maximum atomic E-state index is 12.8. The fourth-order valence-corrected chi connectivity index (χ4v) is 4.96. The van der Waals surface area contributed by atoms with E-state index in [-0.39, 0.29) is 11.8 Å². The molecule has 1 spiro atoms. The van der Waals surface area contributed by atoms with Crippen molar-refractivity contribution in [3.05, 3.63) is 48.2 Å². The predicted octanol–water partition coefficient (Wildman–Crippen LogP) is 3.25. The molecule has 2 aromatic rings. The van der Waals surface area contributed by atoms with Crippen molar-refractivity contribution in [3.8, 4) is 0 Å². The minimum atomic E-state index is -0.720. The minimum Gasteiger partial charge on any atom is -0.464 e. The van der Waals surface area contributed by atoms with E-state index in [0.29, 0.717) is 6.54 Å². The number of alkyl halides is 1. The molecule has 2 fully saturated rings. The van der Waals surface area contributed by atoms with Crippen LogP contribution < -0.4 is 0 Å². The zero-order chi connectivity index (χ0) is 15.7. The van der Waals surface area contributed by atoms with Crippen molar-refractivity contribution in [3.63, 3.8) is 0 Å². The van der Waals surface area contributed by atoms with Crippen LogP contribution in [0.25, 0.3) is 11.0 Å². The highest BCUT2D eigenvalue weighted by Gasteiger charge is 2.65. The number of ether oxygens (including phenoxy) is 1. The largest absolute Gasteiger partial charge is 0.464 e. The number of hydrogen-bond donors (Lipinski definition) is 0. The number of carbonyl (C=O) groups is 1. The van der Waals surface area contributed by atoms with E-state index >= 15 is 0 Å². The quantitative estimate of drug-likeness (QED) is 0.612. The molecule has 0 N–H and O–H groups in total. The lowest BCUT2D eigenvalue weighted by atomic mass is 9.86. The number of hydrogen-bond acceptors (Lipinski definition) is 3. The maximum absolute atomic E-state index is 12.8. The molecule has 1 aromatic carbocycles. The molecule has 3 aliphatic rings. The molecule has 1 amide bonds. The first kappa shape index (κ1) is 13.8. The second kappa shape index (κ2) is 4.48. The van der Waals surface area contributed by atoms with Crippen LogP contribution in [0.5, 0.6) is 0 Å². The normalized spacial score (nSPS) is 34.7. The number of rotatable bonds is 3. The molecule has 1 aromatic heterocycles. The van der Waals surface area contributed by atoms with Crippen LogP contribution >= 0.6 is 15.9 Å². The molecule has 118 valence electrons. The molecule has 4 nitrogen and oxygen atoms in total. The van der Waals surface area contributed by atoms with Gasteiger partial charge in [0.2, 0.25) is 0 Å². The van der Waals surface area contributed by atoms with Crippen LogP contribution in [0.1, 0.15) is 12.0 Å². The Kier molecular flexibility index (Phi) is 2.69. The highest BCUT2D eigenvalue weighted by molar-refractivity contribution is 9.10. The molecular weight excluding hydrogens is 358 g/mol. The molecule has 0 unspecified atom stereocenters. The van der Waals surface area contributed by atoms with Gasteiger partial charge < -0.3 is 14.1 Å². The molecule has 4 heterocycles. The van der Waals surface area contributed by atoms with Crippen molar-refractivity contribution in [1.29, 1.82) is 0 Å². The summed E-state index contributed by atoms with van der Waals surface area (Å²) in [5.41, 5.74) is 1.33. The lowest BCUT2D eigenvalue weighted by molar-refractivity contribution is -0.143. The summed E-state index contributed by atoms with van der Waals surface area (Å²) in [6, 6.07) is 8.01. The van der Waals surface area contributed by atoms with E-state index in [2.05, 4.69) is 22.0 Å². The van der Waals surface area contributed by atoms with Gasteiger partial charge in [-0.3, -0.25) is 4.79 Å². The van der Waals surface area contributed by atoms with Crippen LogP contribution in [0.15, 0.2) is 47.1 Å². The summed E-state index contributed by atoms with van der Waals surface area (Å²) in [7, 11) is 0. The monoisotopic (exact) mass is 373 g/mol. The van der Waals surface area contributed by atoms with E-state index in [0.717, 1.165) is 35.9 Å². The fraction of sp³-hybridized carbons (Fsp3) is 0.389. The van der Waals surface area contributed by atoms with Gasteiger partial charge in [-0.15, -0.1) is 0 Å². The summed E-state index contributed by atoms with van der Waals surface area (Å²) >= 11 is 3.59. The topological polar surface area (TPSA) is 42.7 Å². The average molecular weight is 374 g/mol. The van der Waals surface area contributed by atoms with Crippen LogP contribution in [0.4, 0.5) is 0 Å². The summed E-state index contributed by atoms with van der Waals surface area (Å²) in [6.07, 6.45) is 7.40. The zero-order valence-corrected chi connectivity index (χ0v) is 14.1. The number of nitrogens with zero attached hydrogens (tertiary/aromatic N) is 1. The fourth-order valence-electron chi connectivity index (χ4n) is 4.17. The Labute approximate surface area is 142 Å². The van der Waals surface area contributed by atoms with Crippen molar-refractivity contribution >= 4 is 32.8 Å². The summed E-state index contributed by atoms with van der Waals surface area (Å²) in [4.78, 5) is 14.8. The van der Waals surface area contributed by atoms with Crippen LogP contribution in [0.2, 0.25) is 0 Å². The Bertz CT molecular complexity index is 844. The summed E-state index contributed by atoms with van der Waals surface area (Å²) in [6.45, 7) is 1.47. The third-order valence-corrected chi connectivity index (χ3v) is 6.07. The number of fused-ring (bicyclic) bond motifs is 2. The lowest BCUT2D eigenvalue weighted by Crippen LogP contribution is -2.40. The number of halogens is 1. The predicted molar refractivity (Wildman–Crippen MR) is 89.2 cm³/mol. The van der Waals surface area contributed by atoms with Gasteiger partial charge in [0.05, 0.1) is 6.26 Å². The molecule has 0 radical (unpaired) electrons. The molecule has 5 rings (SSSR count). The van der Waals surface area contributed by atoms with E-state index in [9.17, 15) is 4.79 Å². The molecular formula is C18H16BrNO3. The summed E-state index contributed by atoms with van der Waals surface area (Å²) < 4.78 is 11.2. The average Bonchev–Trinajstić information content (AvgIpc) is 3.24. The van der Waals surface area contributed by atoms with Gasteiger partial charge in [-0.1, -0.05) is 18.2 Å². The first-order chi connectivity index (χ1) is 11.1. The smallest absolute Gasteiger partial charge is 0.259 e. The molecule has 2 bridgehead atoms. The lowest BCUT2D eigenvalue weighted by Gasteiger charge is -2.22. The third kappa shape index (κ3) is 1.83. The number of para-hydroxylation sites is 1. The Morgan fingerprint density at radius 2 is 2.17 bits per heavy atom. The molecule has 0 saturated carbocycles. The summed E-state index contributed by atoms with van der Waals surface area (Å²) in [5.74, 6) is 0.353. The van der Waals surface area contributed by atoms with Crippen molar-refractivity contribution in [2.45, 2.75) is 23.0 Å². The molecule has 5 heteroatoms. The minimum absolute atomic E-state index is 0.102. The second-order valence-electron chi connectivity index (χ2n) is 6.67. The number of carbonyl (C=O) groups excluding carboxylic acids is 1. The van der Waals surface area contributed by atoms with Crippen LogP contribution in [0.3, 0.4) is 0 Å². The number of furan rings is 1. The van der Waals surface area contributed by atoms with Crippen LogP contribution in [0, 0.1) is 5.92 Å². The standard InChI is InChI=1S/C18H16BrNO3/c19-17-6-7-18(23-17)13(9-17)10-20(16(18)21)8-5-12-11-22-15-4-2-1-3-14(12)15/h1-4,6-7,11,13H,5,8-10H2/t13-,17+,18-/m1/s1. The van der Waals surface area contributed by atoms with Gasteiger partial charge in [-0.2, -0.15) is 0 Å². The van der Waals surface area contributed by atoms with Gasteiger partial charge in [-0.25, -0.2) is 0 Å². The van der Waals surface area contributed by atoms with E-state index in [1.165, 1.54) is 0 Å². The molecule has 23 heavy (non-hydrogen) atoms. The van der Waals surface area contributed by atoms with Crippen molar-refractivity contribution in [2.75, 3.05) is 13.1 Å². The number of likely N-dealkylation sites (tertiary alicyclic amines) is 1. The summed E-state index contributed by atoms with van der Waals surface area (Å²) in [5, 5.41) is 1.13. The van der Waals surface area contributed by atoms with Gasteiger partial charge in [-0.05, 0) is 52.6 Å². The SMILES string of the molecule is O=C1N(CCc2coc3ccccc23)C[C@H]2C[C@]3(Br)C=C[C@]12O3. The molecule has 2 saturated heterocycles. The molecule has 0 aliphatic carbocycles. The van der Waals surface area contributed by atoms with E-state index in [1.807, 2.05) is 35.3 Å². The van der Waals surface area contributed by atoms with Gasteiger partial charge in [0.15, 0.2) is 5.60 Å². The van der Waals surface area contributed by atoms with Gasteiger partial charge in [0, 0.05) is 24.4 Å². The Hall–Kier alpha value is -1.59. The highest BCUT2D eigenvalue weighted by Crippen LogP contribution is 2.56. The number of benzene rings is 1. The van der Waals surface area contributed by atoms with Crippen molar-refractivity contribution in [1.82, 2.24) is 4.90 Å². The van der Waals surface area contributed by atoms with Gasteiger partial charge in [0.25, 0.3) is 5.91 Å². The molecule has 3 atom stereocenters. The first-order valence-corrected chi connectivity index (χ1v) is 8.73. The van der Waals surface area contributed by atoms with Crippen LogP contribution in [-0.4, -0.2) is 34.0 Å². The maximum Gasteiger partial charge on any atom is 0.259 e. The highest BCUT2D eigenvalue weighted by atomic mass is 79.9. The number of amides is 1. The van der Waals surface area contributed by atoms with Crippen LogP contribution in [-0.2, 0) is 16.0 Å². The van der Waals surface area contributed by atoms with Crippen molar-refractivity contribution in [2.24, 2.45) is 5.92 Å². The Morgan fingerprint density at radius 3 is 3.00 bits per heavy atom. The Balaban J connectivity index is 1.35. The van der Waals surface area contributed by atoms with E-state index in [1.54, 1.807) is 6.26 Å². The Morgan fingerprint density at radius 1 is 1.30 bits per heavy atom.